The largest absolute Gasteiger partial charge is 0.481 e. The SMILES string of the molecule is CC(C)(C)C1CC(C(=O)O)(c2ccc(F)cc2)C1. The molecule has 3 heteroatoms. The quantitative estimate of drug-likeness (QED) is 0.870. The zero-order chi connectivity index (χ0) is 13.6. The third kappa shape index (κ3) is 2.02. The highest BCUT2D eigenvalue weighted by atomic mass is 19.1. The highest BCUT2D eigenvalue weighted by Crippen LogP contribution is 2.54. The molecule has 0 radical (unpaired) electrons. The number of carboxylic acid groups (broad SMARTS) is 1. The first kappa shape index (κ1) is 13.1. The molecule has 0 amide bonds. The van der Waals surface area contributed by atoms with Crippen molar-refractivity contribution >= 4 is 5.97 Å². The van der Waals surface area contributed by atoms with Gasteiger partial charge in [-0.05, 0) is 41.9 Å². The van der Waals surface area contributed by atoms with E-state index in [1.807, 2.05) is 0 Å². The summed E-state index contributed by atoms with van der Waals surface area (Å²) < 4.78 is 12.9. The topological polar surface area (TPSA) is 37.3 Å². The maximum absolute atomic E-state index is 12.9. The van der Waals surface area contributed by atoms with E-state index in [0.717, 1.165) is 5.56 Å². The first-order valence-electron chi connectivity index (χ1n) is 6.25. The Kier molecular flexibility index (Phi) is 2.96. The van der Waals surface area contributed by atoms with Crippen LogP contribution >= 0.6 is 0 Å². The third-order valence-corrected chi connectivity index (χ3v) is 4.22. The van der Waals surface area contributed by atoms with Crippen LogP contribution in [-0.2, 0) is 10.2 Å². The number of hydrogen-bond donors (Lipinski definition) is 1. The fourth-order valence-electron chi connectivity index (χ4n) is 2.70. The van der Waals surface area contributed by atoms with Gasteiger partial charge in [0.2, 0.25) is 0 Å². The van der Waals surface area contributed by atoms with E-state index in [4.69, 9.17) is 0 Å². The molecule has 18 heavy (non-hydrogen) atoms. The molecule has 0 aliphatic heterocycles. The van der Waals surface area contributed by atoms with Gasteiger partial charge in [0.1, 0.15) is 5.82 Å². The maximum Gasteiger partial charge on any atom is 0.314 e. The zero-order valence-corrected chi connectivity index (χ0v) is 11.0. The molecule has 0 heterocycles. The van der Waals surface area contributed by atoms with E-state index >= 15 is 0 Å². The van der Waals surface area contributed by atoms with Crippen molar-refractivity contribution in [1.82, 2.24) is 0 Å². The Hall–Kier alpha value is -1.38. The number of aliphatic carboxylic acids is 1. The highest BCUT2D eigenvalue weighted by Gasteiger charge is 2.54. The summed E-state index contributed by atoms with van der Waals surface area (Å²) in [4.78, 5) is 11.6. The molecule has 98 valence electrons. The fraction of sp³-hybridized carbons (Fsp3) is 0.533. The van der Waals surface area contributed by atoms with Crippen LogP contribution in [-0.4, -0.2) is 11.1 Å². The molecule has 0 aromatic heterocycles. The standard InChI is InChI=1S/C15H19FO2/c1-14(2,3)11-8-15(9-11,13(17)18)10-4-6-12(16)7-5-10/h4-7,11H,8-9H2,1-3H3,(H,17,18). The molecule has 0 unspecified atom stereocenters. The van der Waals surface area contributed by atoms with Gasteiger partial charge in [-0.2, -0.15) is 0 Å². The third-order valence-electron chi connectivity index (χ3n) is 4.22. The molecule has 2 nitrogen and oxygen atoms in total. The van der Waals surface area contributed by atoms with Crippen LogP contribution in [0.25, 0.3) is 0 Å². The van der Waals surface area contributed by atoms with Gasteiger partial charge in [-0.1, -0.05) is 32.9 Å². The van der Waals surface area contributed by atoms with Gasteiger partial charge >= 0.3 is 5.97 Å². The van der Waals surface area contributed by atoms with Crippen LogP contribution in [0.2, 0.25) is 0 Å². The van der Waals surface area contributed by atoms with Crippen LogP contribution in [0.4, 0.5) is 4.39 Å². The smallest absolute Gasteiger partial charge is 0.314 e. The van der Waals surface area contributed by atoms with Crippen molar-refractivity contribution in [1.29, 1.82) is 0 Å². The van der Waals surface area contributed by atoms with Crippen LogP contribution in [0.3, 0.4) is 0 Å². The first-order valence-corrected chi connectivity index (χ1v) is 6.25. The van der Waals surface area contributed by atoms with E-state index < -0.39 is 11.4 Å². The maximum atomic E-state index is 12.9. The molecule has 2 rings (SSSR count). The fourth-order valence-corrected chi connectivity index (χ4v) is 2.70. The molecule has 0 saturated heterocycles. The molecule has 1 saturated carbocycles. The summed E-state index contributed by atoms with van der Waals surface area (Å²) in [7, 11) is 0. The van der Waals surface area contributed by atoms with Gasteiger partial charge in [-0.15, -0.1) is 0 Å². The highest BCUT2D eigenvalue weighted by molar-refractivity contribution is 5.82. The molecule has 1 fully saturated rings. The van der Waals surface area contributed by atoms with Gasteiger partial charge in [0.05, 0.1) is 5.41 Å². The molecular weight excluding hydrogens is 231 g/mol. The van der Waals surface area contributed by atoms with Gasteiger partial charge in [0.25, 0.3) is 0 Å². The van der Waals surface area contributed by atoms with Gasteiger partial charge < -0.3 is 5.11 Å². The summed E-state index contributed by atoms with van der Waals surface area (Å²) in [6.45, 7) is 6.40. The Morgan fingerprint density at radius 2 is 1.78 bits per heavy atom. The Bertz CT molecular complexity index is 450. The van der Waals surface area contributed by atoms with E-state index in [-0.39, 0.29) is 11.2 Å². The van der Waals surface area contributed by atoms with Crippen LogP contribution in [0.15, 0.2) is 24.3 Å². The predicted octanol–water partition coefficient (Wildman–Crippen LogP) is 3.60. The number of carboxylic acids is 1. The molecular formula is C15H19FO2. The van der Waals surface area contributed by atoms with Gasteiger partial charge in [-0.25, -0.2) is 4.39 Å². The van der Waals surface area contributed by atoms with Crippen LogP contribution < -0.4 is 0 Å². The Morgan fingerprint density at radius 1 is 1.28 bits per heavy atom. The average molecular weight is 250 g/mol. The minimum absolute atomic E-state index is 0.124. The van der Waals surface area contributed by atoms with Crippen molar-refractivity contribution in [2.24, 2.45) is 11.3 Å². The second kappa shape index (κ2) is 4.08. The summed E-state index contributed by atoms with van der Waals surface area (Å²) in [6.07, 6.45) is 1.27. The normalized spacial score (nSPS) is 27.7. The van der Waals surface area contributed by atoms with E-state index in [0.29, 0.717) is 18.8 Å². The Labute approximate surface area is 107 Å². The lowest BCUT2D eigenvalue weighted by molar-refractivity contribution is -0.152. The van der Waals surface area contributed by atoms with Crippen molar-refractivity contribution in [3.8, 4) is 0 Å². The summed E-state index contributed by atoms with van der Waals surface area (Å²) >= 11 is 0. The lowest BCUT2D eigenvalue weighted by Crippen LogP contribution is -2.51. The van der Waals surface area contributed by atoms with E-state index in [1.54, 1.807) is 12.1 Å². The average Bonchev–Trinajstić information content (AvgIpc) is 2.16. The second-order valence-electron chi connectivity index (χ2n) is 6.37. The van der Waals surface area contributed by atoms with E-state index in [1.165, 1.54) is 12.1 Å². The lowest BCUT2D eigenvalue weighted by Gasteiger charge is -2.50. The van der Waals surface area contributed by atoms with E-state index in [9.17, 15) is 14.3 Å². The second-order valence-corrected chi connectivity index (χ2v) is 6.37. The predicted molar refractivity (Wildman–Crippen MR) is 67.9 cm³/mol. The number of carbonyl (C=O) groups is 1. The van der Waals surface area contributed by atoms with Crippen LogP contribution in [0, 0.1) is 17.2 Å². The Morgan fingerprint density at radius 3 is 2.17 bits per heavy atom. The molecule has 1 aliphatic rings. The van der Waals surface area contributed by atoms with E-state index in [2.05, 4.69) is 20.8 Å². The molecule has 0 spiro atoms. The van der Waals surface area contributed by atoms with Gasteiger partial charge in [-0.3, -0.25) is 4.79 Å². The van der Waals surface area contributed by atoms with Crippen molar-refractivity contribution in [3.63, 3.8) is 0 Å². The van der Waals surface area contributed by atoms with Crippen molar-refractivity contribution in [2.75, 3.05) is 0 Å². The summed E-state index contributed by atoms with van der Waals surface area (Å²) in [5, 5.41) is 9.50. The minimum atomic E-state index is -0.814. The van der Waals surface area contributed by atoms with Gasteiger partial charge in [0, 0.05) is 0 Å². The number of rotatable bonds is 2. The molecule has 1 aromatic carbocycles. The molecule has 0 bridgehead atoms. The number of benzene rings is 1. The molecule has 1 aliphatic carbocycles. The van der Waals surface area contributed by atoms with Crippen molar-refractivity contribution < 1.29 is 14.3 Å². The van der Waals surface area contributed by atoms with Crippen molar-refractivity contribution in [3.05, 3.63) is 35.6 Å². The summed E-state index contributed by atoms with van der Waals surface area (Å²) in [6, 6.07) is 5.87. The zero-order valence-electron chi connectivity index (χ0n) is 11.0. The van der Waals surface area contributed by atoms with Gasteiger partial charge in [0.15, 0.2) is 0 Å². The van der Waals surface area contributed by atoms with Crippen LogP contribution in [0.1, 0.15) is 39.2 Å². The molecule has 1 N–H and O–H groups in total. The van der Waals surface area contributed by atoms with Crippen LogP contribution in [0.5, 0.6) is 0 Å². The monoisotopic (exact) mass is 250 g/mol. The minimum Gasteiger partial charge on any atom is -0.481 e. The number of halogens is 1. The summed E-state index contributed by atoms with van der Waals surface area (Å²) in [5.41, 5.74) is 0.0295. The Balaban J connectivity index is 2.27. The number of hydrogen-bond acceptors (Lipinski definition) is 1. The van der Waals surface area contributed by atoms with Crippen molar-refractivity contribution in [2.45, 2.75) is 39.0 Å². The lowest BCUT2D eigenvalue weighted by atomic mass is 9.52. The first-order chi connectivity index (χ1) is 8.25. The summed E-state index contributed by atoms with van der Waals surface area (Å²) in [5.74, 6) is -0.723. The molecule has 1 aromatic rings. The molecule has 0 atom stereocenters.